The normalized spacial score (nSPS) is 10.7. The van der Waals surface area contributed by atoms with Gasteiger partial charge in [0.05, 0.1) is 23.9 Å². The highest BCUT2D eigenvalue weighted by atomic mass is 35.5. The molecule has 4 N–H and O–H groups in total. The molecule has 0 radical (unpaired) electrons. The smallest absolute Gasteiger partial charge is 0.267 e. The lowest BCUT2D eigenvalue weighted by Crippen LogP contribution is -2.14. The van der Waals surface area contributed by atoms with E-state index in [1.165, 1.54) is 12.3 Å². The Labute approximate surface area is 168 Å². The lowest BCUT2D eigenvalue weighted by Gasteiger charge is -2.12. The van der Waals surface area contributed by atoms with E-state index in [0.29, 0.717) is 46.8 Å². The van der Waals surface area contributed by atoms with Gasteiger partial charge in [-0.1, -0.05) is 11.6 Å². The van der Waals surface area contributed by atoms with E-state index >= 15 is 0 Å². The zero-order valence-electron chi connectivity index (χ0n) is 15.6. The Bertz CT molecular complexity index is 922. The summed E-state index contributed by atoms with van der Waals surface area (Å²) in [5, 5.41) is 15.1. The maximum atomic E-state index is 12.3. The van der Waals surface area contributed by atoms with Crippen molar-refractivity contribution in [2.45, 2.75) is 13.8 Å². The van der Waals surface area contributed by atoms with Gasteiger partial charge < -0.3 is 25.8 Å². The minimum absolute atomic E-state index is 0.111. The van der Waals surface area contributed by atoms with Crippen molar-refractivity contribution in [1.29, 1.82) is 5.26 Å². The van der Waals surface area contributed by atoms with Crippen LogP contribution in [-0.4, -0.2) is 19.1 Å². The third kappa shape index (κ3) is 5.56. The number of amides is 1. The molecule has 1 amide bonds. The summed E-state index contributed by atoms with van der Waals surface area (Å²) < 4.78 is 11.1. The number of nitriles is 1. The van der Waals surface area contributed by atoms with Gasteiger partial charge in [0.2, 0.25) is 0 Å². The van der Waals surface area contributed by atoms with Gasteiger partial charge >= 0.3 is 0 Å². The minimum Gasteiger partial charge on any atom is -0.490 e. The number of nitrogens with zero attached hydrogens (tertiary/aromatic N) is 1. The van der Waals surface area contributed by atoms with Crippen molar-refractivity contribution in [1.82, 2.24) is 0 Å². The summed E-state index contributed by atoms with van der Waals surface area (Å²) >= 11 is 5.94. The Hall–Kier alpha value is -3.37. The number of nitrogen functional groups attached to an aromatic ring is 1. The van der Waals surface area contributed by atoms with Crippen molar-refractivity contribution >= 4 is 34.6 Å². The molecule has 0 saturated heterocycles. The number of benzene rings is 2. The molecule has 0 aliphatic carbocycles. The number of anilines is 3. The second kappa shape index (κ2) is 10.1. The summed E-state index contributed by atoms with van der Waals surface area (Å²) in [5.74, 6) is 0.617. The number of ether oxygens (including phenoxy) is 2. The van der Waals surface area contributed by atoms with Gasteiger partial charge in [-0.15, -0.1) is 0 Å². The van der Waals surface area contributed by atoms with Crippen LogP contribution < -0.4 is 25.8 Å². The van der Waals surface area contributed by atoms with E-state index in [9.17, 15) is 10.1 Å². The van der Waals surface area contributed by atoms with Crippen LogP contribution in [0.15, 0.2) is 48.2 Å². The number of nitrogens with two attached hydrogens (primary N) is 1. The molecule has 0 atom stereocenters. The van der Waals surface area contributed by atoms with E-state index in [1.54, 1.807) is 30.3 Å². The van der Waals surface area contributed by atoms with E-state index < -0.39 is 5.91 Å². The average Bonchev–Trinajstić information content (AvgIpc) is 2.67. The quantitative estimate of drug-likeness (QED) is 0.348. The van der Waals surface area contributed by atoms with Crippen LogP contribution in [0.1, 0.15) is 13.8 Å². The van der Waals surface area contributed by atoms with E-state index in [-0.39, 0.29) is 5.57 Å². The minimum atomic E-state index is -0.577. The summed E-state index contributed by atoms with van der Waals surface area (Å²) in [4.78, 5) is 12.3. The van der Waals surface area contributed by atoms with Gasteiger partial charge in [0.25, 0.3) is 5.91 Å². The average molecular weight is 401 g/mol. The molecule has 0 unspecified atom stereocenters. The molecule has 0 fully saturated rings. The SMILES string of the molecule is CCOc1ccc(N/C=C(/C#N)C(=O)Nc2ccc(N)c(Cl)c2)cc1OCC. The van der Waals surface area contributed by atoms with Crippen LogP contribution in [0.4, 0.5) is 17.1 Å². The Morgan fingerprint density at radius 2 is 1.82 bits per heavy atom. The lowest BCUT2D eigenvalue weighted by molar-refractivity contribution is -0.112. The van der Waals surface area contributed by atoms with Crippen molar-refractivity contribution in [3.63, 3.8) is 0 Å². The molecule has 0 aliphatic heterocycles. The topological polar surface area (TPSA) is 109 Å². The molecule has 2 aromatic rings. The number of nitrogens with one attached hydrogen (secondary N) is 2. The highest BCUT2D eigenvalue weighted by molar-refractivity contribution is 6.33. The third-order valence-electron chi connectivity index (χ3n) is 3.55. The molecular formula is C20H21ClN4O3. The van der Waals surface area contributed by atoms with Crippen molar-refractivity contribution in [2.24, 2.45) is 0 Å². The van der Waals surface area contributed by atoms with Crippen LogP contribution >= 0.6 is 11.6 Å². The number of hydrogen-bond donors (Lipinski definition) is 3. The van der Waals surface area contributed by atoms with Crippen LogP contribution in [0.2, 0.25) is 5.02 Å². The predicted octanol–water partition coefficient (Wildman–Crippen LogP) is 4.18. The van der Waals surface area contributed by atoms with E-state index in [1.807, 2.05) is 19.9 Å². The van der Waals surface area contributed by atoms with Gasteiger partial charge in [0, 0.05) is 23.6 Å². The van der Waals surface area contributed by atoms with Crippen LogP contribution in [0.25, 0.3) is 0 Å². The molecule has 0 aromatic heterocycles. The fraction of sp³-hybridized carbons (Fsp3) is 0.200. The number of halogens is 1. The highest BCUT2D eigenvalue weighted by Crippen LogP contribution is 2.30. The first-order chi connectivity index (χ1) is 13.5. The molecule has 0 heterocycles. The van der Waals surface area contributed by atoms with E-state index in [0.717, 1.165) is 0 Å². The summed E-state index contributed by atoms with van der Waals surface area (Å²) in [5.41, 5.74) is 7.01. The number of carbonyl (C=O) groups excluding carboxylic acids is 1. The second-order valence-corrected chi connectivity index (χ2v) is 5.94. The van der Waals surface area contributed by atoms with Gasteiger partial charge in [0.1, 0.15) is 11.6 Å². The van der Waals surface area contributed by atoms with Gasteiger partial charge in [-0.05, 0) is 44.2 Å². The monoisotopic (exact) mass is 400 g/mol. The molecular weight excluding hydrogens is 380 g/mol. The van der Waals surface area contributed by atoms with Gasteiger partial charge in [-0.25, -0.2) is 0 Å². The zero-order valence-corrected chi connectivity index (χ0v) is 16.3. The molecule has 146 valence electrons. The van der Waals surface area contributed by atoms with Gasteiger partial charge in [-0.2, -0.15) is 5.26 Å². The molecule has 8 heteroatoms. The van der Waals surface area contributed by atoms with Crippen molar-refractivity contribution in [3.8, 4) is 17.6 Å². The predicted molar refractivity (Wildman–Crippen MR) is 111 cm³/mol. The molecule has 0 bridgehead atoms. The standard InChI is InChI=1S/C20H21ClN4O3/c1-3-27-18-8-6-14(10-19(18)28-4-2)24-12-13(11-22)20(26)25-15-5-7-17(23)16(21)9-15/h5-10,12,24H,3-4,23H2,1-2H3,(H,25,26)/b13-12-. The molecule has 0 aliphatic rings. The van der Waals surface area contributed by atoms with E-state index in [4.69, 9.17) is 26.8 Å². The van der Waals surface area contributed by atoms with Gasteiger partial charge in [-0.3, -0.25) is 4.79 Å². The molecule has 0 saturated carbocycles. The van der Waals surface area contributed by atoms with Gasteiger partial charge in [0.15, 0.2) is 11.5 Å². The summed E-state index contributed by atoms with van der Waals surface area (Å²) in [7, 11) is 0. The Balaban J connectivity index is 2.13. The van der Waals surface area contributed by atoms with Crippen molar-refractivity contribution in [2.75, 3.05) is 29.6 Å². The zero-order chi connectivity index (χ0) is 20.5. The molecule has 2 rings (SSSR count). The number of carbonyl (C=O) groups is 1. The van der Waals surface area contributed by atoms with Crippen LogP contribution in [0, 0.1) is 11.3 Å². The molecule has 0 spiro atoms. The first-order valence-corrected chi connectivity index (χ1v) is 8.99. The Morgan fingerprint density at radius 1 is 1.14 bits per heavy atom. The Morgan fingerprint density at radius 3 is 2.46 bits per heavy atom. The molecule has 7 nitrogen and oxygen atoms in total. The highest BCUT2D eigenvalue weighted by Gasteiger charge is 2.11. The summed E-state index contributed by atoms with van der Waals surface area (Å²) in [6.07, 6.45) is 1.32. The number of rotatable bonds is 8. The van der Waals surface area contributed by atoms with Crippen LogP contribution in [0.3, 0.4) is 0 Å². The fourth-order valence-corrected chi connectivity index (χ4v) is 2.43. The lowest BCUT2D eigenvalue weighted by atomic mass is 10.2. The van der Waals surface area contributed by atoms with Crippen molar-refractivity contribution in [3.05, 3.63) is 53.2 Å². The van der Waals surface area contributed by atoms with E-state index in [2.05, 4.69) is 10.6 Å². The maximum absolute atomic E-state index is 12.3. The summed E-state index contributed by atoms with van der Waals surface area (Å²) in [6, 6.07) is 11.8. The first-order valence-electron chi connectivity index (χ1n) is 8.61. The maximum Gasteiger partial charge on any atom is 0.267 e. The first kappa shape index (κ1) is 20.9. The van der Waals surface area contributed by atoms with Crippen LogP contribution in [0.5, 0.6) is 11.5 Å². The van der Waals surface area contributed by atoms with Crippen molar-refractivity contribution < 1.29 is 14.3 Å². The summed E-state index contributed by atoms with van der Waals surface area (Å²) in [6.45, 7) is 4.75. The largest absolute Gasteiger partial charge is 0.490 e. The number of hydrogen-bond acceptors (Lipinski definition) is 6. The Kier molecular flexibility index (Phi) is 7.55. The molecule has 2 aromatic carbocycles. The molecule has 28 heavy (non-hydrogen) atoms. The fourth-order valence-electron chi connectivity index (χ4n) is 2.25. The second-order valence-electron chi connectivity index (χ2n) is 5.53. The third-order valence-corrected chi connectivity index (χ3v) is 3.88. The van der Waals surface area contributed by atoms with Crippen LogP contribution in [-0.2, 0) is 4.79 Å².